The molecule has 0 unspecified atom stereocenters. The molecule has 4 heteroatoms. The third kappa shape index (κ3) is 2.46. The monoisotopic (exact) mass is 238 g/mol. The van der Waals surface area contributed by atoms with Crippen LogP contribution in [0, 0.1) is 11.3 Å². The molecule has 0 spiro atoms. The molecule has 0 amide bonds. The van der Waals surface area contributed by atoms with Gasteiger partial charge in [0.1, 0.15) is 6.07 Å². The molecule has 0 saturated carbocycles. The van der Waals surface area contributed by atoms with E-state index >= 15 is 0 Å². The maximum absolute atomic E-state index is 9.08. The Morgan fingerprint density at radius 3 is 2.83 bits per heavy atom. The van der Waals surface area contributed by atoms with Gasteiger partial charge in [-0.05, 0) is 19.9 Å². The largest absolute Gasteiger partial charge is 0.379 e. The van der Waals surface area contributed by atoms with Crippen LogP contribution < -0.4 is 5.32 Å². The van der Waals surface area contributed by atoms with Crippen molar-refractivity contribution in [2.75, 3.05) is 11.9 Å². The molecule has 1 aromatic heterocycles. The van der Waals surface area contributed by atoms with E-state index in [1.807, 2.05) is 38.1 Å². The molecule has 2 rings (SSSR count). The maximum Gasteiger partial charge on any atom is 0.186 e. The number of nitrogens with one attached hydrogen (secondary N) is 1. The van der Waals surface area contributed by atoms with E-state index in [9.17, 15) is 0 Å². The van der Waals surface area contributed by atoms with Crippen molar-refractivity contribution < 1.29 is 0 Å². The summed E-state index contributed by atoms with van der Waals surface area (Å²) in [4.78, 5) is 0. The number of fused-ring (bicyclic) bond motifs is 1. The summed E-state index contributed by atoms with van der Waals surface area (Å²) in [5.41, 5.74) is 3.10. The van der Waals surface area contributed by atoms with Gasteiger partial charge in [-0.1, -0.05) is 29.8 Å². The number of hydrogen-bond donors (Lipinski definition) is 1. The summed E-state index contributed by atoms with van der Waals surface area (Å²) in [6.45, 7) is 4.75. The Kier molecular flexibility index (Phi) is 3.54. The van der Waals surface area contributed by atoms with Gasteiger partial charge in [0.15, 0.2) is 5.69 Å². The van der Waals surface area contributed by atoms with Gasteiger partial charge in [-0.3, -0.25) is 0 Å². The molecule has 90 valence electrons. The van der Waals surface area contributed by atoms with Crippen LogP contribution in [0.5, 0.6) is 0 Å². The molecule has 1 heterocycles. The highest BCUT2D eigenvalue weighted by molar-refractivity contribution is 5.92. The molecule has 0 aliphatic heterocycles. The van der Waals surface area contributed by atoms with Crippen molar-refractivity contribution in [3.63, 3.8) is 0 Å². The summed E-state index contributed by atoms with van der Waals surface area (Å²) in [6, 6.07) is 9.73. The maximum atomic E-state index is 9.08. The van der Waals surface area contributed by atoms with Crippen LogP contribution in [0.2, 0.25) is 0 Å². The Morgan fingerprint density at radius 2 is 2.11 bits per heavy atom. The first-order chi connectivity index (χ1) is 8.72. The van der Waals surface area contributed by atoms with Crippen LogP contribution in [-0.2, 0) is 0 Å². The van der Waals surface area contributed by atoms with Gasteiger partial charge in [0.25, 0.3) is 0 Å². The van der Waals surface area contributed by atoms with Crippen molar-refractivity contribution >= 4 is 16.6 Å². The molecule has 0 aliphatic carbocycles. The fourth-order valence-corrected chi connectivity index (χ4v) is 1.67. The van der Waals surface area contributed by atoms with Crippen LogP contribution in [0.1, 0.15) is 19.5 Å². The number of allylic oxidation sites excluding steroid dienone is 1. The van der Waals surface area contributed by atoms with Gasteiger partial charge in [0.2, 0.25) is 0 Å². The number of benzene rings is 1. The quantitative estimate of drug-likeness (QED) is 0.835. The highest BCUT2D eigenvalue weighted by Crippen LogP contribution is 2.23. The van der Waals surface area contributed by atoms with E-state index < -0.39 is 0 Å². The van der Waals surface area contributed by atoms with Crippen LogP contribution in [0.15, 0.2) is 35.9 Å². The Hall–Kier alpha value is -2.41. The first-order valence-electron chi connectivity index (χ1n) is 5.75. The average molecular weight is 238 g/mol. The predicted molar refractivity (Wildman–Crippen MR) is 72.2 cm³/mol. The van der Waals surface area contributed by atoms with E-state index in [-0.39, 0.29) is 0 Å². The third-order valence-electron chi connectivity index (χ3n) is 2.56. The minimum Gasteiger partial charge on any atom is -0.379 e. The molecule has 0 bridgehead atoms. The highest BCUT2D eigenvalue weighted by atomic mass is 15.1. The summed E-state index contributed by atoms with van der Waals surface area (Å²) in [6.07, 6.45) is 2.07. The van der Waals surface area contributed by atoms with Crippen molar-refractivity contribution in [1.29, 1.82) is 5.26 Å². The molecule has 1 N–H and O–H groups in total. The van der Waals surface area contributed by atoms with Gasteiger partial charge >= 0.3 is 0 Å². The Morgan fingerprint density at radius 1 is 1.33 bits per heavy atom. The molecule has 1 aromatic carbocycles. The fraction of sp³-hybridized carbons (Fsp3) is 0.214. The van der Waals surface area contributed by atoms with E-state index in [1.165, 1.54) is 5.57 Å². The van der Waals surface area contributed by atoms with Crippen LogP contribution in [0.3, 0.4) is 0 Å². The van der Waals surface area contributed by atoms with Crippen LogP contribution in [0.4, 0.5) is 5.69 Å². The summed E-state index contributed by atoms with van der Waals surface area (Å²) in [5, 5.41) is 21.2. The summed E-state index contributed by atoms with van der Waals surface area (Å²) in [5.74, 6) is 0. The summed E-state index contributed by atoms with van der Waals surface area (Å²) >= 11 is 0. The lowest BCUT2D eigenvalue weighted by atomic mass is 10.1. The van der Waals surface area contributed by atoms with Gasteiger partial charge in [-0.15, -0.1) is 10.2 Å². The Labute approximate surface area is 106 Å². The predicted octanol–water partition coefficient (Wildman–Crippen LogP) is 2.88. The highest BCUT2D eigenvalue weighted by Gasteiger charge is 2.08. The lowest BCUT2D eigenvalue weighted by molar-refractivity contribution is 1.05. The molecule has 0 atom stereocenters. The van der Waals surface area contributed by atoms with Crippen molar-refractivity contribution in [2.45, 2.75) is 13.8 Å². The van der Waals surface area contributed by atoms with Crippen molar-refractivity contribution in [3.8, 4) is 6.07 Å². The molecule has 0 fully saturated rings. The van der Waals surface area contributed by atoms with E-state index in [1.54, 1.807) is 0 Å². The van der Waals surface area contributed by atoms with E-state index in [0.29, 0.717) is 12.2 Å². The van der Waals surface area contributed by atoms with Gasteiger partial charge < -0.3 is 5.32 Å². The molecule has 4 nitrogen and oxygen atoms in total. The van der Waals surface area contributed by atoms with Crippen molar-refractivity contribution in [2.24, 2.45) is 0 Å². The lowest BCUT2D eigenvalue weighted by Gasteiger charge is -2.08. The van der Waals surface area contributed by atoms with Gasteiger partial charge in [-0.2, -0.15) is 5.26 Å². The fourth-order valence-electron chi connectivity index (χ4n) is 1.67. The van der Waals surface area contributed by atoms with Gasteiger partial charge in [-0.25, -0.2) is 0 Å². The first kappa shape index (κ1) is 12.1. The molecule has 2 aromatic rings. The zero-order chi connectivity index (χ0) is 13.0. The zero-order valence-electron chi connectivity index (χ0n) is 10.4. The number of hydrogen-bond acceptors (Lipinski definition) is 4. The molecular formula is C14H14N4. The SMILES string of the molecule is CC(C)=CCNc1c(C#N)nnc2ccccc12. The smallest absolute Gasteiger partial charge is 0.186 e. The Bertz CT molecular complexity index is 634. The lowest BCUT2D eigenvalue weighted by Crippen LogP contribution is -2.04. The summed E-state index contributed by atoms with van der Waals surface area (Å²) < 4.78 is 0. The third-order valence-corrected chi connectivity index (χ3v) is 2.56. The zero-order valence-corrected chi connectivity index (χ0v) is 10.4. The molecule has 0 aliphatic rings. The number of aromatic nitrogens is 2. The molecular weight excluding hydrogens is 224 g/mol. The van der Waals surface area contributed by atoms with Crippen molar-refractivity contribution in [3.05, 3.63) is 41.6 Å². The van der Waals surface area contributed by atoms with Crippen LogP contribution >= 0.6 is 0 Å². The van der Waals surface area contributed by atoms with E-state index in [2.05, 4.69) is 27.7 Å². The normalized spacial score (nSPS) is 9.83. The van der Waals surface area contributed by atoms with E-state index in [0.717, 1.165) is 16.6 Å². The van der Waals surface area contributed by atoms with Crippen molar-refractivity contribution in [1.82, 2.24) is 10.2 Å². The first-order valence-corrected chi connectivity index (χ1v) is 5.75. The van der Waals surface area contributed by atoms with E-state index in [4.69, 9.17) is 5.26 Å². The number of rotatable bonds is 3. The second-order valence-electron chi connectivity index (χ2n) is 4.21. The van der Waals surface area contributed by atoms with Gasteiger partial charge in [0, 0.05) is 11.9 Å². The topological polar surface area (TPSA) is 61.6 Å². The molecule has 0 saturated heterocycles. The number of nitrogens with zero attached hydrogens (tertiary/aromatic N) is 3. The second kappa shape index (κ2) is 5.28. The van der Waals surface area contributed by atoms with Crippen LogP contribution in [-0.4, -0.2) is 16.7 Å². The standard InChI is InChI=1S/C14H14N4/c1-10(2)7-8-16-14-11-5-3-4-6-12(11)17-18-13(14)9-15/h3-7H,8H2,1-2H3,(H,16,17). The minimum atomic E-state index is 0.329. The van der Waals surface area contributed by atoms with Gasteiger partial charge in [0.05, 0.1) is 11.2 Å². The average Bonchev–Trinajstić information content (AvgIpc) is 2.38. The number of nitriles is 1. The number of anilines is 1. The molecule has 0 radical (unpaired) electrons. The minimum absolute atomic E-state index is 0.329. The van der Waals surface area contributed by atoms with Crippen LogP contribution in [0.25, 0.3) is 10.9 Å². The molecule has 18 heavy (non-hydrogen) atoms. The summed E-state index contributed by atoms with van der Waals surface area (Å²) in [7, 11) is 0. The Balaban J connectivity index is 2.45. The second-order valence-corrected chi connectivity index (χ2v) is 4.21.